The first-order valence-corrected chi connectivity index (χ1v) is 8.41. The van der Waals surface area contributed by atoms with E-state index in [9.17, 15) is 13.2 Å². The molecule has 0 atom stereocenters. The first-order valence-electron chi connectivity index (χ1n) is 8.41. The van der Waals surface area contributed by atoms with Crippen molar-refractivity contribution in [1.29, 1.82) is 0 Å². The summed E-state index contributed by atoms with van der Waals surface area (Å²) in [4.78, 5) is 4.14. The van der Waals surface area contributed by atoms with Gasteiger partial charge in [0.25, 0.3) is 0 Å². The van der Waals surface area contributed by atoms with Crippen LogP contribution in [0.25, 0.3) is 5.69 Å². The second kappa shape index (κ2) is 10.1. The molecule has 0 aliphatic carbocycles. The predicted octanol–water partition coefficient (Wildman–Crippen LogP) is 4.36. The maximum atomic E-state index is 12.5. The molecule has 3 rings (SSSR count). The number of hydrogen-bond acceptors (Lipinski definition) is 3. The summed E-state index contributed by atoms with van der Waals surface area (Å²) in [6.07, 6.45) is -0.585. The van der Waals surface area contributed by atoms with E-state index < -0.39 is 6.36 Å². The van der Waals surface area contributed by atoms with Gasteiger partial charge in [-0.2, -0.15) is 5.10 Å². The average molecular weight is 517 g/mol. The molecule has 29 heavy (non-hydrogen) atoms. The Balaban J connectivity index is 0.00000300. The van der Waals surface area contributed by atoms with E-state index in [0.29, 0.717) is 13.0 Å². The van der Waals surface area contributed by atoms with Gasteiger partial charge < -0.3 is 15.8 Å². The van der Waals surface area contributed by atoms with Gasteiger partial charge in [0, 0.05) is 12.7 Å². The molecule has 0 saturated heterocycles. The van der Waals surface area contributed by atoms with Crippen LogP contribution in [0.4, 0.5) is 18.9 Å². The van der Waals surface area contributed by atoms with Crippen molar-refractivity contribution in [2.45, 2.75) is 12.8 Å². The fraction of sp³-hybridized carbons (Fsp3) is 0.158. The number of rotatable bonds is 6. The van der Waals surface area contributed by atoms with Gasteiger partial charge in [-0.1, -0.05) is 30.3 Å². The van der Waals surface area contributed by atoms with Crippen molar-refractivity contribution < 1.29 is 17.9 Å². The van der Waals surface area contributed by atoms with E-state index >= 15 is 0 Å². The Morgan fingerprint density at radius 1 is 1.10 bits per heavy atom. The van der Waals surface area contributed by atoms with Crippen molar-refractivity contribution >= 4 is 35.6 Å². The van der Waals surface area contributed by atoms with Crippen molar-refractivity contribution in [3.05, 3.63) is 72.6 Å². The third-order valence-corrected chi connectivity index (χ3v) is 3.71. The molecule has 0 saturated carbocycles. The number of para-hydroxylation sites is 3. The Labute approximate surface area is 182 Å². The van der Waals surface area contributed by atoms with Gasteiger partial charge >= 0.3 is 6.36 Å². The van der Waals surface area contributed by atoms with E-state index in [1.165, 1.54) is 18.2 Å². The first kappa shape index (κ1) is 22.5. The Morgan fingerprint density at radius 2 is 1.79 bits per heavy atom. The molecule has 1 heterocycles. The molecule has 0 spiro atoms. The van der Waals surface area contributed by atoms with Gasteiger partial charge in [-0.25, -0.2) is 4.68 Å². The fourth-order valence-corrected chi connectivity index (χ4v) is 2.48. The topological polar surface area (TPSA) is 77.5 Å². The lowest BCUT2D eigenvalue weighted by Crippen LogP contribution is -2.24. The highest BCUT2D eigenvalue weighted by Gasteiger charge is 2.32. The fourth-order valence-electron chi connectivity index (χ4n) is 2.48. The number of ether oxygens (including phenoxy) is 1. The molecule has 0 unspecified atom stereocenters. The van der Waals surface area contributed by atoms with Gasteiger partial charge in [-0.05, 0) is 36.2 Å². The van der Waals surface area contributed by atoms with Crippen LogP contribution in [0.15, 0.2) is 72.0 Å². The Morgan fingerprint density at radius 3 is 2.52 bits per heavy atom. The highest BCUT2D eigenvalue weighted by atomic mass is 127. The van der Waals surface area contributed by atoms with Gasteiger partial charge in [0.05, 0.1) is 17.6 Å². The molecule has 1 aromatic heterocycles. The van der Waals surface area contributed by atoms with Crippen LogP contribution in [-0.4, -0.2) is 28.6 Å². The van der Waals surface area contributed by atoms with Crippen LogP contribution < -0.4 is 15.8 Å². The molecule has 0 radical (unpaired) electrons. The van der Waals surface area contributed by atoms with E-state index in [1.54, 1.807) is 16.9 Å². The SMILES string of the molecule is I.NC(=NCCc1cnn(-c2ccccc2)c1)Nc1ccccc1OC(F)(F)F. The van der Waals surface area contributed by atoms with Crippen LogP contribution in [-0.2, 0) is 6.42 Å². The molecular weight excluding hydrogens is 498 g/mol. The number of aromatic nitrogens is 2. The maximum Gasteiger partial charge on any atom is 0.573 e. The van der Waals surface area contributed by atoms with E-state index in [4.69, 9.17) is 5.73 Å². The number of guanidine groups is 1. The number of halogens is 4. The quantitative estimate of drug-likeness (QED) is 0.290. The van der Waals surface area contributed by atoms with Gasteiger partial charge in [0.2, 0.25) is 0 Å². The number of anilines is 1. The number of aliphatic imine (C=N–C) groups is 1. The molecule has 2 aromatic carbocycles. The van der Waals surface area contributed by atoms with Crippen LogP contribution in [0.2, 0.25) is 0 Å². The number of hydrogen-bond donors (Lipinski definition) is 2. The second-order valence-electron chi connectivity index (χ2n) is 5.81. The molecule has 3 N–H and O–H groups in total. The largest absolute Gasteiger partial charge is 0.573 e. The standard InChI is InChI=1S/C19H18F3N5O.HI/c20-19(21,22)28-17-9-5-4-8-16(17)26-18(23)24-11-10-14-12-25-27(13-14)15-6-2-1-3-7-15;/h1-9,12-13H,10-11H2,(H3,23,24,26);1H. The first-order chi connectivity index (χ1) is 13.4. The van der Waals surface area contributed by atoms with Gasteiger partial charge in [0.15, 0.2) is 11.7 Å². The van der Waals surface area contributed by atoms with Gasteiger partial charge in [0.1, 0.15) is 0 Å². The third-order valence-electron chi connectivity index (χ3n) is 3.71. The third kappa shape index (κ3) is 6.97. The van der Waals surface area contributed by atoms with Crippen LogP contribution >= 0.6 is 24.0 Å². The minimum atomic E-state index is -4.79. The molecule has 0 bridgehead atoms. The summed E-state index contributed by atoms with van der Waals surface area (Å²) >= 11 is 0. The van der Waals surface area contributed by atoms with E-state index in [0.717, 1.165) is 11.3 Å². The van der Waals surface area contributed by atoms with Crippen molar-refractivity contribution in [3.8, 4) is 11.4 Å². The van der Waals surface area contributed by atoms with E-state index in [2.05, 4.69) is 20.1 Å². The summed E-state index contributed by atoms with van der Waals surface area (Å²) in [7, 11) is 0. The van der Waals surface area contributed by atoms with E-state index in [1.807, 2.05) is 36.5 Å². The maximum absolute atomic E-state index is 12.5. The van der Waals surface area contributed by atoms with Crippen molar-refractivity contribution in [2.75, 3.05) is 11.9 Å². The van der Waals surface area contributed by atoms with Gasteiger partial charge in [-0.15, -0.1) is 37.1 Å². The minimum Gasteiger partial charge on any atom is -0.404 e. The molecule has 0 aliphatic rings. The zero-order valence-corrected chi connectivity index (χ0v) is 17.5. The lowest BCUT2D eigenvalue weighted by molar-refractivity contribution is -0.274. The second-order valence-corrected chi connectivity index (χ2v) is 5.81. The zero-order valence-electron chi connectivity index (χ0n) is 15.1. The zero-order chi connectivity index (χ0) is 20.0. The molecular formula is C19H19F3IN5O. The Hall–Kier alpha value is -2.76. The summed E-state index contributed by atoms with van der Waals surface area (Å²) in [5.74, 6) is -0.383. The molecule has 6 nitrogen and oxygen atoms in total. The summed E-state index contributed by atoms with van der Waals surface area (Å²) in [6.45, 7) is 0.349. The van der Waals surface area contributed by atoms with Crippen molar-refractivity contribution in [1.82, 2.24) is 9.78 Å². The molecule has 154 valence electrons. The van der Waals surface area contributed by atoms with E-state index in [-0.39, 0.29) is 41.4 Å². The number of benzene rings is 2. The minimum absolute atomic E-state index is 0. The van der Waals surface area contributed by atoms with Gasteiger partial charge in [-0.3, -0.25) is 4.99 Å². The summed E-state index contributed by atoms with van der Waals surface area (Å²) in [5, 5.41) is 6.93. The molecule has 0 fully saturated rings. The summed E-state index contributed by atoms with van der Waals surface area (Å²) < 4.78 is 43.1. The Bertz CT molecular complexity index is 944. The molecule has 10 heteroatoms. The van der Waals surface area contributed by atoms with Crippen molar-refractivity contribution in [2.24, 2.45) is 10.7 Å². The van der Waals surface area contributed by atoms with Crippen molar-refractivity contribution in [3.63, 3.8) is 0 Å². The highest BCUT2D eigenvalue weighted by Crippen LogP contribution is 2.29. The van der Waals surface area contributed by atoms with Crippen LogP contribution in [0, 0.1) is 0 Å². The lowest BCUT2D eigenvalue weighted by atomic mass is 10.2. The molecule has 0 aliphatic heterocycles. The van der Waals surface area contributed by atoms with Crippen LogP contribution in [0.5, 0.6) is 5.75 Å². The monoisotopic (exact) mass is 517 g/mol. The summed E-state index contributed by atoms with van der Waals surface area (Å²) in [5.41, 5.74) is 7.77. The lowest BCUT2D eigenvalue weighted by Gasteiger charge is -2.14. The molecule has 3 aromatic rings. The number of nitrogens with zero attached hydrogens (tertiary/aromatic N) is 3. The number of alkyl halides is 3. The average Bonchev–Trinajstić information content (AvgIpc) is 3.12. The number of nitrogens with two attached hydrogens (primary N) is 1. The summed E-state index contributed by atoms with van der Waals surface area (Å²) in [6, 6.07) is 15.3. The number of nitrogens with one attached hydrogen (secondary N) is 1. The van der Waals surface area contributed by atoms with Crippen LogP contribution in [0.1, 0.15) is 5.56 Å². The normalized spacial score (nSPS) is 11.6. The van der Waals surface area contributed by atoms with Crippen LogP contribution in [0.3, 0.4) is 0 Å². The smallest absolute Gasteiger partial charge is 0.404 e. The molecule has 0 amide bonds. The Kier molecular flexibility index (Phi) is 7.88. The predicted molar refractivity (Wildman–Crippen MR) is 116 cm³/mol. The highest BCUT2D eigenvalue weighted by molar-refractivity contribution is 14.0.